The number of benzene rings is 2. The Kier molecular flexibility index (Phi) is 3.82. The Labute approximate surface area is 126 Å². The highest BCUT2D eigenvalue weighted by Crippen LogP contribution is 2.23. The van der Waals surface area contributed by atoms with E-state index < -0.39 is 5.91 Å². The number of amides is 1. The molecule has 0 fully saturated rings. The number of nitrogens with one attached hydrogen (secondary N) is 1. The molecule has 6 heteroatoms. The minimum absolute atomic E-state index is 0.00533. The first-order valence-corrected chi connectivity index (χ1v) is 6.74. The average Bonchev–Trinajstić information content (AvgIpc) is 3.01. The Hall–Kier alpha value is -3.15. The molecular formula is C16H14N4O2. The van der Waals surface area contributed by atoms with Crippen molar-refractivity contribution in [1.29, 1.82) is 0 Å². The Balaban J connectivity index is 1.93. The first kappa shape index (κ1) is 13.8. The maximum atomic E-state index is 11.2. The molecular weight excluding hydrogens is 280 g/mol. The van der Waals surface area contributed by atoms with Gasteiger partial charge in [0.25, 0.3) is 0 Å². The average molecular weight is 294 g/mol. The standard InChI is InChI=1S/C16H14N4O2/c17-16(21)9-14(11-5-2-1-3-6-11)20-22-15-8-4-7-13-12(15)10-18-19-13/h1-8,10H,9H2,(H2,17,21)(H,18,19)/b20-14+. The summed E-state index contributed by atoms with van der Waals surface area (Å²) in [6, 6.07) is 14.8. The van der Waals surface area contributed by atoms with Gasteiger partial charge >= 0.3 is 0 Å². The maximum absolute atomic E-state index is 11.2. The van der Waals surface area contributed by atoms with Gasteiger partial charge in [-0.1, -0.05) is 41.6 Å². The van der Waals surface area contributed by atoms with Crippen LogP contribution in [0, 0.1) is 0 Å². The lowest BCUT2D eigenvalue weighted by Crippen LogP contribution is -2.17. The van der Waals surface area contributed by atoms with Crippen molar-refractivity contribution >= 4 is 22.5 Å². The molecule has 3 N–H and O–H groups in total. The number of H-pyrrole nitrogens is 1. The van der Waals surface area contributed by atoms with Crippen LogP contribution in [0.25, 0.3) is 10.9 Å². The predicted octanol–water partition coefficient (Wildman–Crippen LogP) is 2.22. The lowest BCUT2D eigenvalue weighted by Gasteiger charge is -2.05. The van der Waals surface area contributed by atoms with Crippen molar-refractivity contribution in [2.45, 2.75) is 6.42 Å². The smallest absolute Gasteiger partial charge is 0.223 e. The van der Waals surface area contributed by atoms with Gasteiger partial charge in [0.05, 0.1) is 29.2 Å². The molecule has 0 aliphatic heterocycles. The summed E-state index contributed by atoms with van der Waals surface area (Å²) in [5.41, 5.74) is 7.41. The topological polar surface area (TPSA) is 93.4 Å². The van der Waals surface area contributed by atoms with Crippen molar-refractivity contribution < 1.29 is 9.63 Å². The van der Waals surface area contributed by atoms with Gasteiger partial charge in [-0.15, -0.1) is 0 Å². The number of nitrogens with zero attached hydrogens (tertiary/aromatic N) is 2. The minimum Gasteiger partial charge on any atom is -0.369 e. The van der Waals surface area contributed by atoms with Gasteiger partial charge in [-0.05, 0) is 17.7 Å². The van der Waals surface area contributed by atoms with Crippen molar-refractivity contribution in [2.75, 3.05) is 0 Å². The van der Waals surface area contributed by atoms with Gasteiger partial charge < -0.3 is 10.6 Å². The largest absolute Gasteiger partial charge is 0.369 e. The molecule has 0 aliphatic carbocycles. The molecule has 1 aromatic heterocycles. The third-order valence-corrected chi connectivity index (χ3v) is 3.15. The molecule has 1 heterocycles. The Bertz CT molecular complexity index is 824. The molecule has 22 heavy (non-hydrogen) atoms. The molecule has 0 bridgehead atoms. The number of rotatable bonds is 5. The molecule has 2 aromatic carbocycles. The van der Waals surface area contributed by atoms with Gasteiger partial charge in [0.2, 0.25) is 5.91 Å². The summed E-state index contributed by atoms with van der Waals surface area (Å²) in [4.78, 5) is 16.8. The van der Waals surface area contributed by atoms with Crippen LogP contribution in [-0.4, -0.2) is 21.8 Å². The molecule has 1 amide bonds. The highest BCUT2D eigenvalue weighted by atomic mass is 16.6. The molecule has 0 saturated heterocycles. The summed E-state index contributed by atoms with van der Waals surface area (Å²) in [6.07, 6.45) is 1.67. The summed E-state index contributed by atoms with van der Waals surface area (Å²) >= 11 is 0. The van der Waals surface area contributed by atoms with Crippen molar-refractivity contribution in [3.63, 3.8) is 0 Å². The quantitative estimate of drug-likeness (QED) is 0.558. The van der Waals surface area contributed by atoms with E-state index in [0.29, 0.717) is 11.5 Å². The number of fused-ring (bicyclic) bond motifs is 1. The number of aromatic amines is 1. The number of aromatic nitrogens is 2. The van der Waals surface area contributed by atoms with Crippen LogP contribution in [0.15, 0.2) is 59.9 Å². The Morgan fingerprint density at radius 3 is 2.77 bits per heavy atom. The molecule has 6 nitrogen and oxygen atoms in total. The number of carbonyl (C=O) groups is 1. The normalized spacial score (nSPS) is 11.5. The monoisotopic (exact) mass is 294 g/mol. The first-order valence-electron chi connectivity index (χ1n) is 6.74. The molecule has 0 unspecified atom stereocenters. The number of carbonyl (C=O) groups excluding carboxylic acids is 1. The maximum Gasteiger partial charge on any atom is 0.223 e. The van der Waals surface area contributed by atoms with E-state index in [1.165, 1.54) is 0 Å². The van der Waals surface area contributed by atoms with Crippen LogP contribution in [0.3, 0.4) is 0 Å². The fourth-order valence-corrected chi connectivity index (χ4v) is 2.11. The first-order chi connectivity index (χ1) is 10.7. The van der Waals surface area contributed by atoms with Gasteiger partial charge in [0.15, 0.2) is 5.75 Å². The number of oxime groups is 1. The second-order valence-electron chi connectivity index (χ2n) is 4.73. The lowest BCUT2D eigenvalue weighted by atomic mass is 10.1. The summed E-state index contributed by atoms with van der Waals surface area (Å²) in [6.45, 7) is 0. The van der Waals surface area contributed by atoms with Crippen LogP contribution in [0.2, 0.25) is 0 Å². The Morgan fingerprint density at radius 2 is 2.00 bits per heavy atom. The second-order valence-corrected chi connectivity index (χ2v) is 4.73. The molecule has 0 aliphatic rings. The number of hydrogen-bond donors (Lipinski definition) is 2. The van der Waals surface area contributed by atoms with Gasteiger partial charge in [0, 0.05) is 0 Å². The fraction of sp³-hybridized carbons (Fsp3) is 0.0625. The van der Waals surface area contributed by atoms with Gasteiger partial charge in [0.1, 0.15) is 0 Å². The van der Waals surface area contributed by atoms with Crippen LogP contribution in [-0.2, 0) is 4.79 Å². The van der Waals surface area contributed by atoms with E-state index in [4.69, 9.17) is 10.6 Å². The van der Waals surface area contributed by atoms with Gasteiger partial charge in [-0.3, -0.25) is 9.89 Å². The van der Waals surface area contributed by atoms with Gasteiger partial charge in [-0.25, -0.2) is 0 Å². The Morgan fingerprint density at radius 1 is 1.18 bits per heavy atom. The zero-order valence-corrected chi connectivity index (χ0v) is 11.7. The minimum atomic E-state index is -0.465. The van der Waals surface area contributed by atoms with Crippen molar-refractivity contribution in [3.05, 3.63) is 60.3 Å². The van der Waals surface area contributed by atoms with Gasteiger partial charge in [-0.2, -0.15) is 5.10 Å². The highest BCUT2D eigenvalue weighted by Gasteiger charge is 2.09. The molecule has 0 saturated carbocycles. The summed E-state index contributed by atoms with van der Waals surface area (Å²) in [7, 11) is 0. The van der Waals surface area contributed by atoms with E-state index in [1.54, 1.807) is 12.3 Å². The second kappa shape index (κ2) is 6.09. The van der Waals surface area contributed by atoms with Crippen molar-refractivity contribution in [1.82, 2.24) is 10.2 Å². The molecule has 0 radical (unpaired) electrons. The van der Waals surface area contributed by atoms with Crippen molar-refractivity contribution in [2.24, 2.45) is 10.9 Å². The van der Waals surface area contributed by atoms with Crippen molar-refractivity contribution in [3.8, 4) is 5.75 Å². The number of primary amides is 1. The van der Waals surface area contributed by atoms with E-state index in [9.17, 15) is 4.79 Å². The third-order valence-electron chi connectivity index (χ3n) is 3.15. The summed E-state index contributed by atoms with van der Waals surface area (Å²) in [5.74, 6) is 0.0943. The predicted molar refractivity (Wildman–Crippen MR) is 83.5 cm³/mol. The third kappa shape index (κ3) is 2.95. The van der Waals surface area contributed by atoms with Crippen LogP contribution in [0.5, 0.6) is 5.75 Å². The number of nitrogens with two attached hydrogens (primary N) is 1. The zero-order chi connectivity index (χ0) is 15.4. The van der Waals surface area contributed by atoms with E-state index in [0.717, 1.165) is 16.5 Å². The molecule has 0 atom stereocenters. The summed E-state index contributed by atoms with van der Waals surface area (Å²) < 4.78 is 0. The molecule has 3 rings (SSSR count). The lowest BCUT2D eigenvalue weighted by molar-refractivity contribution is -0.116. The zero-order valence-electron chi connectivity index (χ0n) is 11.7. The molecule has 110 valence electrons. The molecule has 3 aromatic rings. The fourth-order valence-electron chi connectivity index (χ4n) is 2.11. The molecule has 0 spiro atoms. The highest BCUT2D eigenvalue weighted by molar-refractivity contribution is 6.10. The van der Waals surface area contributed by atoms with Crippen LogP contribution in [0.4, 0.5) is 0 Å². The van der Waals surface area contributed by atoms with E-state index in [-0.39, 0.29) is 6.42 Å². The van der Waals surface area contributed by atoms with Crippen LogP contribution in [0.1, 0.15) is 12.0 Å². The van der Waals surface area contributed by atoms with E-state index >= 15 is 0 Å². The van der Waals surface area contributed by atoms with Crippen LogP contribution < -0.4 is 10.6 Å². The SMILES string of the molecule is NC(=O)C/C(=N\Oc1cccc2[nH]ncc12)c1ccccc1. The number of hydrogen-bond acceptors (Lipinski definition) is 4. The van der Waals surface area contributed by atoms with Crippen LogP contribution >= 0.6 is 0 Å². The van der Waals surface area contributed by atoms with E-state index in [1.807, 2.05) is 42.5 Å². The summed E-state index contributed by atoms with van der Waals surface area (Å²) in [5, 5.41) is 11.8. The van der Waals surface area contributed by atoms with E-state index in [2.05, 4.69) is 15.4 Å².